The molecular formula is C15H21ClN2O4. The van der Waals surface area contributed by atoms with Crippen molar-refractivity contribution in [3.05, 3.63) is 24.3 Å². The number of nitrogens with zero attached hydrogens (tertiary/aromatic N) is 1. The van der Waals surface area contributed by atoms with Gasteiger partial charge in [0.05, 0.1) is 13.0 Å². The summed E-state index contributed by atoms with van der Waals surface area (Å²) < 4.78 is 5.05. The number of likely N-dealkylation sites (tertiary alicyclic amines) is 1. The number of carbonyl (C=O) groups is 2. The summed E-state index contributed by atoms with van der Waals surface area (Å²) in [5.41, 5.74) is 0.727. The van der Waals surface area contributed by atoms with Gasteiger partial charge >= 0.3 is 5.97 Å². The molecule has 7 heteroatoms. The van der Waals surface area contributed by atoms with E-state index in [9.17, 15) is 9.59 Å². The maximum atomic E-state index is 11.9. The number of benzene rings is 1. The largest absolute Gasteiger partial charge is 0.497 e. The fourth-order valence-electron chi connectivity index (χ4n) is 2.39. The summed E-state index contributed by atoms with van der Waals surface area (Å²) >= 11 is 0. The molecule has 1 unspecified atom stereocenters. The molecule has 1 amide bonds. The van der Waals surface area contributed by atoms with Crippen LogP contribution in [0.5, 0.6) is 5.75 Å². The van der Waals surface area contributed by atoms with E-state index in [1.165, 1.54) is 0 Å². The van der Waals surface area contributed by atoms with Crippen LogP contribution in [0, 0.1) is 5.92 Å². The van der Waals surface area contributed by atoms with E-state index in [1.54, 1.807) is 31.4 Å². The Balaban J connectivity index is 0.00000242. The van der Waals surface area contributed by atoms with Gasteiger partial charge in [0.15, 0.2) is 0 Å². The highest BCUT2D eigenvalue weighted by molar-refractivity contribution is 5.90. The minimum atomic E-state index is -0.750. The fourth-order valence-corrected chi connectivity index (χ4v) is 2.39. The summed E-state index contributed by atoms with van der Waals surface area (Å²) in [5.74, 6) is -0.376. The summed E-state index contributed by atoms with van der Waals surface area (Å²) in [4.78, 5) is 24.7. The average Bonchev–Trinajstić information content (AvgIpc) is 2.95. The Labute approximate surface area is 135 Å². The Morgan fingerprint density at radius 2 is 2.05 bits per heavy atom. The summed E-state index contributed by atoms with van der Waals surface area (Å²) in [6.45, 7) is 1.86. The second-order valence-corrected chi connectivity index (χ2v) is 5.15. The van der Waals surface area contributed by atoms with E-state index in [4.69, 9.17) is 9.84 Å². The van der Waals surface area contributed by atoms with Gasteiger partial charge in [-0.25, -0.2) is 0 Å². The number of aliphatic carboxylic acids is 1. The van der Waals surface area contributed by atoms with Gasteiger partial charge in [-0.2, -0.15) is 0 Å². The fraction of sp³-hybridized carbons (Fsp3) is 0.467. The summed E-state index contributed by atoms with van der Waals surface area (Å²) in [5, 5.41) is 11.7. The normalized spacial score (nSPS) is 17.6. The number of nitrogens with one attached hydrogen (secondary N) is 1. The van der Waals surface area contributed by atoms with E-state index in [2.05, 4.69) is 5.32 Å². The van der Waals surface area contributed by atoms with E-state index in [0.717, 1.165) is 18.0 Å². The maximum Gasteiger partial charge on any atom is 0.307 e. The smallest absolute Gasteiger partial charge is 0.307 e. The third-order valence-corrected chi connectivity index (χ3v) is 3.65. The summed E-state index contributed by atoms with van der Waals surface area (Å²) in [6, 6.07) is 7.14. The molecule has 1 saturated heterocycles. The number of anilines is 1. The molecule has 1 fully saturated rings. The molecule has 2 rings (SSSR count). The third-order valence-electron chi connectivity index (χ3n) is 3.65. The van der Waals surface area contributed by atoms with E-state index >= 15 is 0 Å². The number of ether oxygens (including phenoxy) is 1. The first kappa shape index (κ1) is 18.3. The van der Waals surface area contributed by atoms with Crippen LogP contribution in [-0.4, -0.2) is 48.6 Å². The first-order chi connectivity index (χ1) is 10.1. The number of carboxylic acid groups (broad SMARTS) is 1. The molecule has 1 aromatic rings. The number of hydrogen-bond acceptors (Lipinski definition) is 4. The lowest BCUT2D eigenvalue weighted by molar-refractivity contribution is -0.141. The average molecular weight is 329 g/mol. The highest BCUT2D eigenvalue weighted by Crippen LogP contribution is 2.17. The Hall–Kier alpha value is -1.79. The van der Waals surface area contributed by atoms with Gasteiger partial charge in [0.1, 0.15) is 5.75 Å². The molecule has 1 aliphatic heterocycles. The van der Waals surface area contributed by atoms with Crippen molar-refractivity contribution in [1.82, 2.24) is 4.90 Å². The highest BCUT2D eigenvalue weighted by atomic mass is 35.5. The minimum absolute atomic E-state index is 0. The van der Waals surface area contributed by atoms with Crippen LogP contribution in [0.2, 0.25) is 0 Å². The molecule has 1 aromatic carbocycles. The van der Waals surface area contributed by atoms with Gasteiger partial charge in [-0.3, -0.25) is 9.59 Å². The van der Waals surface area contributed by atoms with Gasteiger partial charge in [0.2, 0.25) is 5.91 Å². The van der Waals surface area contributed by atoms with Gasteiger partial charge in [0, 0.05) is 25.2 Å². The molecule has 2 N–H and O–H groups in total. The molecule has 1 heterocycles. The standard InChI is InChI=1S/C15H20N2O4.ClH/c1-21-13-4-2-12(3-5-13)16-14(18)7-9-17-8-6-11(10-17)15(19)20;/h2-5,11H,6-10H2,1H3,(H,16,18)(H,19,20);1H. The Bertz CT molecular complexity index is 507. The molecule has 0 bridgehead atoms. The Morgan fingerprint density at radius 1 is 1.36 bits per heavy atom. The van der Waals surface area contributed by atoms with Gasteiger partial charge in [0.25, 0.3) is 0 Å². The molecule has 0 aromatic heterocycles. The van der Waals surface area contributed by atoms with E-state index in [1.807, 2.05) is 4.90 Å². The quantitative estimate of drug-likeness (QED) is 0.833. The summed E-state index contributed by atoms with van der Waals surface area (Å²) in [6.07, 6.45) is 1.02. The first-order valence-electron chi connectivity index (χ1n) is 6.97. The van der Waals surface area contributed by atoms with E-state index < -0.39 is 5.97 Å². The molecule has 0 saturated carbocycles. The van der Waals surface area contributed by atoms with Crippen molar-refractivity contribution >= 4 is 30.0 Å². The number of amides is 1. The number of hydrogen-bond donors (Lipinski definition) is 2. The van der Waals surface area contributed by atoms with Gasteiger partial charge in [-0.1, -0.05) is 0 Å². The van der Waals surface area contributed by atoms with Crippen molar-refractivity contribution in [3.8, 4) is 5.75 Å². The maximum absolute atomic E-state index is 11.9. The second-order valence-electron chi connectivity index (χ2n) is 5.15. The molecule has 1 atom stereocenters. The van der Waals surface area contributed by atoms with Gasteiger partial charge < -0.3 is 20.1 Å². The van der Waals surface area contributed by atoms with Crippen LogP contribution < -0.4 is 10.1 Å². The minimum Gasteiger partial charge on any atom is -0.497 e. The predicted molar refractivity (Wildman–Crippen MR) is 85.7 cm³/mol. The Kier molecular flexibility index (Phi) is 7.14. The first-order valence-corrected chi connectivity index (χ1v) is 6.97. The van der Waals surface area contributed by atoms with Gasteiger partial charge in [-0.15, -0.1) is 12.4 Å². The molecule has 6 nitrogen and oxygen atoms in total. The van der Waals surface area contributed by atoms with E-state index in [0.29, 0.717) is 25.9 Å². The molecular weight excluding hydrogens is 308 g/mol. The molecule has 22 heavy (non-hydrogen) atoms. The van der Waals surface area contributed by atoms with Gasteiger partial charge in [-0.05, 0) is 37.2 Å². The van der Waals surface area contributed by atoms with Crippen molar-refractivity contribution in [3.63, 3.8) is 0 Å². The zero-order chi connectivity index (χ0) is 15.2. The highest BCUT2D eigenvalue weighted by Gasteiger charge is 2.27. The van der Waals surface area contributed by atoms with Crippen molar-refractivity contribution in [2.75, 3.05) is 32.1 Å². The lowest BCUT2D eigenvalue weighted by Gasteiger charge is -2.14. The van der Waals surface area contributed by atoms with Crippen LogP contribution in [-0.2, 0) is 9.59 Å². The molecule has 0 radical (unpaired) electrons. The van der Waals surface area contributed by atoms with Crippen LogP contribution >= 0.6 is 12.4 Å². The monoisotopic (exact) mass is 328 g/mol. The number of halogens is 1. The predicted octanol–water partition coefficient (Wildman–Crippen LogP) is 1.85. The van der Waals surface area contributed by atoms with E-state index in [-0.39, 0.29) is 24.2 Å². The number of methoxy groups -OCH3 is 1. The molecule has 122 valence electrons. The van der Waals surface area contributed by atoms with Crippen LogP contribution in [0.3, 0.4) is 0 Å². The zero-order valence-corrected chi connectivity index (χ0v) is 13.3. The van der Waals surface area contributed by atoms with Crippen LogP contribution in [0.25, 0.3) is 0 Å². The van der Waals surface area contributed by atoms with Crippen LogP contribution in [0.4, 0.5) is 5.69 Å². The summed E-state index contributed by atoms with van der Waals surface area (Å²) in [7, 11) is 1.59. The number of carboxylic acids is 1. The second kappa shape index (κ2) is 8.60. The van der Waals surface area contributed by atoms with Crippen LogP contribution in [0.1, 0.15) is 12.8 Å². The zero-order valence-electron chi connectivity index (χ0n) is 12.4. The number of carbonyl (C=O) groups excluding carboxylic acids is 1. The molecule has 1 aliphatic rings. The van der Waals surface area contributed by atoms with Crippen molar-refractivity contribution in [2.45, 2.75) is 12.8 Å². The van der Waals surface area contributed by atoms with Crippen molar-refractivity contribution in [1.29, 1.82) is 0 Å². The SMILES string of the molecule is COc1ccc(NC(=O)CCN2CCC(C(=O)O)C2)cc1.Cl. The lowest BCUT2D eigenvalue weighted by atomic mass is 10.1. The molecule has 0 aliphatic carbocycles. The van der Waals surface area contributed by atoms with Crippen molar-refractivity contribution < 1.29 is 19.4 Å². The lowest BCUT2D eigenvalue weighted by Crippen LogP contribution is -2.27. The van der Waals surface area contributed by atoms with Crippen molar-refractivity contribution in [2.24, 2.45) is 5.92 Å². The third kappa shape index (κ3) is 5.20. The number of rotatable bonds is 6. The Morgan fingerprint density at radius 3 is 2.59 bits per heavy atom. The molecule has 0 spiro atoms. The topological polar surface area (TPSA) is 78.9 Å². The van der Waals surface area contributed by atoms with Crippen LogP contribution in [0.15, 0.2) is 24.3 Å².